The normalized spacial score (nSPS) is 10.1. The van der Waals surface area contributed by atoms with E-state index in [0.717, 1.165) is 0 Å². The van der Waals surface area contributed by atoms with Gasteiger partial charge < -0.3 is 16.8 Å². The summed E-state index contributed by atoms with van der Waals surface area (Å²) in [4.78, 5) is 21.9. The molecular formula is C9H15N5O2. The lowest BCUT2D eigenvalue weighted by atomic mass is 10.3. The SMILES string of the molecule is NCCCC(=O)Nc1cnn(CC(N)=O)c1. The molecule has 0 saturated heterocycles. The van der Waals surface area contributed by atoms with Crippen molar-refractivity contribution in [2.24, 2.45) is 11.5 Å². The van der Waals surface area contributed by atoms with Gasteiger partial charge in [-0.05, 0) is 13.0 Å². The molecule has 0 atom stereocenters. The van der Waals surface area contributed by atoms with Crippen molar-refractivity contribution in [2.75, 3.05) is 11.9 Å². The maximum absolute atomic E-state index is 11.3. The minimum atomic E-state index is -0.482. The Morgan fingerprint density at radius 3 is 2.88 bits per heavy atom. The van der Waals surface area contributed by atoms with Crippen LogP contribution in [0.3, 0.4) is 0 Å². The number of carbonyl (C=O) groups excluding carboxylic acids is 2. The molecule has 0 aliphatic rings. The van der Waals surface area contributed by atoms with Crippen LogP contribution in [0.1, 0.15) is 12.8 Å². The number of nitrogens with one attached hydrogen (secondary N) is 1. The van der Waals surface area contributed by atoms with Crippen molar-refractivity contribution in [1.29, 1.82) is 0 Å². The number of hydrogen-bond donors (Lipinski definition) is 3. The maximum Gasteiger partial charge on any atom is 0.239 e. The van der Waals surface area contributed by atoms with E-state index in [1.54, 1.807) is 6.20 Å². The standard InChI is InChI=1S/C9H15N5O2/c10-3-1-2-9(16)13-7-4-12-14(5-7)6-8(11)15/h4-5H,1-3,6,10H2,(H2,11,15)(H,13,16). The van der Waals surface area contributed by atoms with Crippen LogP contribution in [-0.4, -0.2) is 28.1 Å². The smallest absolute Gasteiger partial charge is 0.239 e. The van der Waals surface area contributed by atoms with Gasteiger partial charge in [-0.2, -0.15) is 5.10 Å². The molecule has 0 saturated carbocycles. The Labute approximate surface area is 92.8 Å². The Morgan fingerprint density at radius 1 is 1.50 bits per heavy atom. The molecule has 1 aromatic rings. The second-order valence-corrected chi connectivity index (χ2v) is 3.33. The fraction of sp³-hybridized carbons (Fsp3) is 0.444. The number of nitrogens with two attached hydrogens (primary N) is 2. The molecule has 0 bridgehead atoms. The lowest BCUT2D eigenvalue weighted by molar-refractivity contribution is -0.118. The highest BCUT2D eigenvalue weighted by atomic mass is 16.2. The van der Waals surface area contributed by atoms with E-state index in [1.165, 1.54) is 10.9 Å². The minimum absolute atomic E-state index is 0.00132. The Kier molecular flexibility index (Phi) is 4.46. The Hall–Kier alpha value is -1.89. The largest absolute Gasteiger partial charge is 0.368 e. The van der Waals surface area contributed by atoms with Crippen LogP contribution in [0.25, 0.3) is 0 Å². The number of nitrogens with zero attached hydrogens (tertiary/aromatic N) is 2. The van der Waals surface area contributed by atoms with E-state index < -0.39 is 5.91 Å². The summed E-state index contributed by atoms with van der Waals surface area (Å²) in [6.45, 7) is 0.479. The first-order valence-corrected chi connectivity index (χ1v) is 4.92. The van der Waals surface area contributed by atoms with Gasteiger partial charge in [0, 0.05) is 12.6 Å². The van der Waals surface area contributed by atoms with E-state index in [-0.39, 0.29) is 12.5 Å². The summed E-state index contributed by atoms with van der Waals surface area (Å²) in [7, 11) is 0. The van der Waals surface area contributed by atoms with Crippen molar-refractivity contribution in [3.05, 3.63) is 12.4 Å². The van der Waals surface area contributed by atoms with Crippen molar-refractivity contribution >= 4 is 17.5 Å². The van der Waals surface area contributed by atoms with Crippen LogP contribution in [0.4, 0.5) is 5.69 Å². The van der Waals surface area contributed by atoms with E-state index in [4.69, 9.17) is 11.5 Å². The van der Waals surface area contributed by atoms with E-state index in [2.05, 4.69) is 10.4 Å². The average molecular weight is 225 g/mol. The second-order valence-electron chi connectivity index (χ2n) is 3.33. The van der Waals surface area contributed by atoms with Gasteiger partial charge in [-0.3, -0.25) is 14.3 Å². The number of aromatic nitrogens is 2. The van der Waals surface area contributed by atoms with Crippen molar-refractivity contribution in [3.8, 4) is 0 Å². The van der Waals surface area contributed by atoms with Crippen LogP contribution in [0.2, 0.25) is 0 Å². The zero-order valence-corrected chi connectivity index (χ0v) is 8.85. The Morgan fingerprint density at radius 2 is 2.25 bits per heavy atom. The van der Waals surface area contributed by atoms with Crippen LogP contribution in [0.15, 0.2) is 12.4 Å². The molecule has 1 aromatic heterocycles. The Balaban J connectivity index is 2.45. The fourth-order valence-corrected chi connectivity index (χ4v) is 1.16. The van der Waals surface area contributed by atoms with Gasteiger partial charge in [0.1, 0.15) is 6.54 Å². The van der Waals surface area contributed by atoms with Gasteiger partial charge in [0.15, 0.2) is 0 Å². The summed E-state index contributed by atoms with van der Waals surface area (Å²) < 4.78 is 1.36. The van der Waals surface area contributed by atoms with E-state index in [9.17, 15) is 9.59 Å². The number of primary amides is 1. The maximum atomic E-state index is 11.3. The predicted octanol–water partition coefficient (Wildman–Crippen LogP) is -0.954. The molecule has 0 fully saturated rings. The lowest BCUT2D eigenvalue weighted by Gasteiger charge is -2.00. The molecule has 7 nitrogen and oxygen atoms in total. The zero-order valence-electron chi connectivity index (χ0n) is 8.85. The lowest BCUT2D eigenvalue weighted by Crippen LogP contribution is -2.18. The summed E-state index contributed by atoms with van der Waals surface area (Å²) in [6.07, 6.45) is 4.02. The van der Waals surface area contributed by atoms with Crippen molar-refractivity contribution in [2.45, 2.75) is 19.4 Å². The number of anilines is 1. The summed E-state index contributed by atoms with van der Waals surface area (Å²) in [5, 5.41) is 6.51. The summed E-state index contributed by atoms with van der Waals surface area (Å²) >= 11 is 0. The first kappa shape index (κ1) is 12.2. The highest BCUT2D eigenvalue weighted by Gasteiger charge is 2.04. The minimum Gasteiger partial charge on any atom is -0.368 e. The van der Waals surface area contributed by atoms with Gasteiger partial charge in [-0.25, -0.2) is 0 Å². The van der Waals surface area contributed by atoms with Crippen LogP contribution in [0, 0.1) is 0 Å². The summed E-state index contributed by atoms with van der Waals surface area (Å²) in [5.74, 6) is -0.604. The van der Waals surface area contributed by atoms with E-state index in [0.29, 0.717) is 25.1 Å². The number of hydrogen-bond acceptors (Lipinski definition) is 4. The monoisotopic (exact) mass is 225 g/mol. The first-order valence-electron chi connectivity index (χ1n) is 4.92. The fourth-order valence-electron chi connectivity index (χ4n) is 1.16. The molecule has 7 heteroatoms. The molecule has 16 heavy (non-hydrogen) atoms. The molecule has 0 aromatic carbocycles. The quantitative estimate of drug-likeness (QED) is 0.578. The number of rotatable bonds is 6. The topological polar surface area (TPSA) is 116 Å². The average Bonchev–Trinajstić information content (AvgIpc) is 2.61. The van der Waals surface area contributed by atoms with Gasteiger partial charge in [0.05, 0.1) is 11.9 Å². The van der Waals surface area contributed by atoms with Crippen molar-refractivity contribution in [1.82, 2.24) is 9.78 Å². The van der Waals surface area contributed by atoms with E-state index >= 15 is 0 Å². The third-order valence-electron chi connectivity index (χ3n) is 1.84. The Bertz CT molecular complexity index is 374. The number of carbonyl (C=O) groups is 2. The molecule has 88 valence electrons. The van der Waals surface area contributed by atoms with E-state index in [1.807, 2.05) is 0 Å². The van der Waals surface area contributed by atoms with Crippen LogP contribution < -0.4 is 16.8 Å². The highest BCUT2D eigenvalue weighted by Crippen LogP contribution is 2.05. The molecule has 1 heterocycles. The molecule has 0 aliphatic heterocycles. The summed E-state index contributed by atoms with van der Waals surface area (Å²) in [6, 6.07) is 0. The number of amides is 2. The van der Waals surface area contributed by atoms with Gasteiger partial charge in [-0.1, -0.05) is 0 Å². The molecular weight excluding hydrogens is 210 g/mol. The van der Waals surface area contributed by atoms with Crippen molar-refractivity contribution < 1.29 is 9.59 Å². The van der Waals surface area contributed by atoms with Gasteiger partial charge in [0.2, 0.25) is 11.8 Å². The molecule has 2 amide bonds. The predicted molar refractivity (Wildman–Crippen MR) is 58.3 cm³/mol. The molecule has 0 unspecified atom stereocenters. The van der Waals surface area contributed by atoms with Crippen LogP contribution in [-0.2, 0) is 16.1 Å². The first-order chi connectivity index (χ1) is 7.61. The zero-order chi connectivity index (χ0) is 12.0. The van der Waals surface area contributed by atoms with Crippen molar-refractivity contribution in [3.63, 3.8) is 0 Å². The van der Waals surface area contributed by atoms with Gasteiger partial charge in [0.25, 0.3) is 0 Å². The highest BCUT2D eigenvalue weighted by molar-refractivity contribution is 5.90. The molecule has 0 aliphatic carbocycles. The second kappa shape index (κ2) is 5.86. The van der Waals surface area contributed by atoms with Gasteiger partial charge >= 0.3 is 0 Å². The molecule has 1 rings (SSSR count). The molecule has 5 N–H and O–H groups in total. The third kappa shape index (κ3) is 4.09. The molecule has 0 spiro atoms. The molecule has 0 radical (unpaired) electrons. The van der Waals surface area contributed by atoms with Crippen LogP contribution >= 0.6 is 0 Å². The van der Waals surface area contributed by atoms with Gasteiger partial charge in [-0.15, -0.1) is 0 Å². The summed E-state index contributed by atoms with van der Waals surface area (Å²) in [5.41, 5.74) is 10.8. The third-order valence-corrected chi connectivity index (χ3v) is 1.84. The van der Waals surface area contributed by atoms with Crippen LogP contribution in [0.5, 0.6) is 0 Å².